The number of hydrogen-bond donors (Lipinski definition) is 2. The van der Waals surface area contributed by atoms with Crippen LogP contribution in [0.5, 0.6) is 0 Å². The van der Waals surface area contributed by atoms with Gasteiger partial charge in [0.15, 0.2) is 5.11 Å². The first-order valence-electron chi connectivity index (χ1n) is 7.25. The summed E-state index contributed by atoms with van der Waals surface area (Å²) < 4.78 is 37.4. The van der Waals surface area contributed by atoms with Crippen molar-refractivity contribution in [2.24, 2.45) is 5.92 Å². The fourth-order valence-corrected chi connectivity index (χ4v) is 2.80. The molecule has 1 heterocycles. The van der Waals surface area contributed by atoms with Crippen LogP contribution in [0.1, 0.15) is 18.4 Å². The predicted molar refractivity (Wildman–Crippen MR) is 85.9 cm³/mol. The Hall–Kier alpha value is -1.34. The fraction of sp³-hybridized carbons (Fsp3) is 0.533. The van der Waals surface area contributed by atoms with E-state index in [1.807, 2.05) is 0 Å². The smallest absolute Gasteiger partial charge is 0.362 e. The second kappa shape index (κ2) is 7.28. The number of rotatable bonds is 3. The first-order valence-corrected chi connectivity index (χ1v) is 7.66. The summed E-state index contributed by atoms with van der Waals surface area (Å²) in [5, 5.41) is 6.49. The van der Waals surface area contributed by atoms with Crippen LogP contribution < -0.4 is 10.6 Å². The Morgan fingerprint density at radius 2 is 2.00 bits per heavy atom. The second-order valence-corrected chi connectivity index (χ2v) is 6.09. The Balaban J connectivity index is 1.79. The molecule has 1 aliphatic rings. The van der Waals surface area contributed by atoms with Crippen LogP contribution in [-0.4, -0.2) is 36.7 Å². The average molecular weight is 331 g/mol. The Bertz CT molecular complexity index is 502. The van der Waals surface area contributed by atoms with E-state index < -0.39 is 11.7 Å². The van der Waals surface area contributed by atoms with E-state index in [1.165, 1.54) is 25.0 Å². The van der Waals surface area contributed by atoms with Crippen molar-refractivity contribution < 1.29 is 13.2 Å². The van der Waals surface area contributed by atoms with Crippen molar-refractivity contribution in [3.8, 4) is 0 Å². The topological polar surface area (TPSA) is 27.3 Å². The Kier molecular flexibility index (Phi) is 5.63. The standard InChI is InChI=1S/C15H20F3N3S/c1-21-8-2-3-11(10-21)9-19-14(22)20-13-6-4-12(5-7-13)15(16,17)18/h4-7,11H,2-3,8-10H2,1H3,(H2,19,20,22). The van der Waals surface area contributed by atoms with Crippen LogP contribution in [0.15, 0.2) is 24.3 Å². The molecule has 0 saturated carbocycles. The number of halogens is 3. The quantitative estimate of drug-likeness (QED) is 0.831. The number of alkyl halides is 3. The maximum atomic E-state index is 12.5. The van der Waals surface area contributed by atoms with Gasteiger partial charge in [0.05, 0.1) is 5.56 Å². The number of hydrogen-bond acceptors (Lipinski definition) is 2. The summed E-state index contributed by atoms with van der Waals surface area (Å²) >= 11 is 5.18. The molecule has 3 nitrogen and oxygen atoms in total. The fourth-order valence-electron chi connectivity index (χ4n) is 2.59. The van der Waals surface area contributed by atoms with Gasteiger partial charge < -0.3 is 15.5 Å². The van der Waals surface area contributed by atoms with Gasteiger partial charge >= 0.3 is 6.18 Å². The zero-order valence-electron chi connectivity index (χ0n) is 12.4. The van der Waals surface area contributed by atoms with Gasteiger partial charge in [-0.3, -0.25) is 0 Å². The van der Waals surface area contributed by atoms with Crippen LogP contribution in [0.3, 0.4) is 0 Å². The molecule has 22 heavy (non-hydrogen) atoms. The van der Waals surface area contributed by atoms with Gasteiger partial charge in [-0.25, -0.2) is 0 Å². The van der Waals surface area contributed by atoms with E-state index in [0.29, 0.717) is 16.7 Å². The summed E-state index contributed by atoms with van der Waals surface area (Å²) in [6.07, 6.45) is -1.97. The number of nitrogens with zero attached hydrogens (tertiary/aromatic N) is 1. The van der Waals surface area contributed by atoms with Gasteiger partial charge in [-0.15, -0.1) is 0 Å². The maximum absolute atomic E-state index is 12.5. The molecular formula is C15H20F3N3S. The number of benzene rings is 1. The lowest BCUT2D eigenvalue weighted by atomic mass is 9.99. The Labute approximate surface area is 133 Å². The molecule has 1 aromatic rings. The van der Waals surface area contributed by atoms with Crippen molar-refractivity contribution in [1.82, 2.24) is 10.2 Å². The first-order chi connectivity index (χ1) is 10.3. The maximum Gasteiger partial charge on any atom is 0.416 e. The lowest BCUT2D eigenvalue weighted by molar-refractivity contribution is -0.137. The SMILES string of the molecule is CN1CCCC(CNC(=S)Nc2ccc(C(F)(F)F)cc2)C1. The molecule has 122 valence electrons. The first kappa shape index (κ1) is 17.0. The van der Waals surface area contributed by atoms with Crippen molar-refractivity contribution in [3.05, 3.63) is 29.8 Å². The predicted octanol–water partition coefficient (Wildman–Crippen LogP) is 3.33. The number of likely N-dealkylation sites (tertiary alicyclic amines) is 1. The molecule has 0 bridgehead atoms. The third kappa shape index (κ3) is 5.14. The lowest BCUT2D eigenvalue weighted by Gasteiger charge is -2.30. The third-order valence-corrected chi connectivity index (χ3v) is 3.99. The molecule has 0 aliphatic carbocycles. The van der Waals surface area contributed by atoms with E-state index in [1.54, 1.807) is 0 Å². The summed E-state index contributed by atoms with van der Waals surface area (Å²) in [5.74, 6) is 0.547. The van der Waals surface area contributed by atoms with Gasteiger partial charge in [0.2, 0.25) is 0 Å². The summed E-state index contributed by atoms with van der Waals surface area (Å²) in [6, 6.07) is 4.85. The molecule has 0 spiro atoms. The molecule has 2 N–H and O–H groups in total. The Morgan fingerprint density at radius 3 is 2.59 bits per heavy atom. The molecule has 1 saturated heterocycles. The van der Waals surface area contributed by atoms with Crippen LogP contribution in [0.2, 0.25) is 0 Å². The zero-order chi connectivity index (χ0) is 16.2. The van der Waals surface area contributed by atoms with E-state index in [9.17, 15) is 13.2 Å². The Morgan fingerprint density at radius 1 is 1.32 bits per heavy atom. The van der Waals surface area contributed by atoms with Crippen LogP contribution in [-0.2, 0) is 6.18 Å². The van der Waals surface area contributed by atoms with E-state index in [0.717, 1.165) is 31.8 Å². The molecule has 0 aromatic heterocycles. The molecule has 1 fully saturated rings. The highest BCUT2D eigenvalue weighted by Crippen LogP contribution is 2.29. The summed E-state index contributed by atoms with van der Waals surface area (Å²) in [4.78, 5) is 2.29. The van der Waals surface area contributed by atoms with E-state index in [2.05, 4.69) is 22.6 Å². The zero-order valence-corrected chi connectivity index (χ0v) is 13.2. The monoisotopic (exact) mass is 331 g/mol. The van der Waals surface area contributed by atoms with Gasteiger partial charge in [-0.1, -0.05) is 0 Å². The van der Waals surface area contributed by atoms with E-state index >= 15 is 0 Å². The number of thiocarbonyl (C=S) groups is 1. The van der Waals surface area contributed by atoms with Crippen LogP contribution in [0, 0.1) is 5.92 Å². The summed E-state index contributed by atoms with van der Waals surface area (Å²) in [6.45, 7) is 2.94. The number of anilines is 1. The normalized spacial score (nSPS) is 19.7. The van der Waals surface area contributed by atoms with Crippen LogP contribution in [0.25, 0.3) is 0 Å². The van der Waals surface area contributed by atoms with Gasteiger partial charge in [0.25, 0.3) is 0 Å². The third-order valence-electron chi connectivity index (χ3n) is 3.74. The van der Waals surface area contributed by atoms with Crippen molar-refractivity contribution >= 4 is 23.0 Å². The van der Waals surface area contributed by atoms with Gasteiger partial charge in [-0.2, -0.15) is 13.2 Å². The van der Waals surface area contributed by atoms with Crippen molar-refractivity contribution in [1.29, 1.82) is 0 Å². The minimum Gasteiger partial charge on any atom is -0.362 e. The highest BCUT2D eigenvalue weighted by Gasteiger charge is 2.29. The summed E-state index contributed by atoms with van der Waals surface area (Å²) in [7, 11) is 2.10. The van der Waals surface area contributed by atoms with Gasteiger partial charge in [-0.05, 0) is 68.8 Å². The molecule has 2 rings (SSSR count). The average Bonchev–Trinajstić information content (AvgIpc) is 2.45. The second-order valence-electron chi connectivity index (χ2n) is 5.68. The molecule has 1 aliphatic heterocycles. The van der Waals surface area contributed by atoms with Crippen molar-refractivity contribution in [2.45, 2.75) is 19.0 Å². The van der Waals surface area contributed by atoms with Crippen LogP contribution >= 0.6 is 12.2 Å². The van der Waals surface area contributed by atoms with E-state index in [-0.39, 0.29) is 0 Å². The highest BCUT2D eigenvalue weighted by molar-refractivity contribution is 7.80. The molecular weight excluding hydrogens is 311 g/mol. The number of nitrogens with one attached hydrogen (secondary N) is 2. The lowest BCUT2D eigenvalue weighted by Crippen LogP contribution is -2.40. The molecule has 0 radical (unpaired) electrons. The minimum atomic E-state index is -4.32. The molecule has 0 amide bonds. The van der Waals surface area contributed by atoms with Crippen molar-refractivity contribution in [2.75, 3.05) is 32.0 Å². The summed E-state index contributed by atoms with van der Waals surface area (Å²) in [5.41, 5.74) is -0.117. The van der Waals surface area contributed by atoms with Crippen LogP contribution in [0.4, 0.5) is 18.9 Å². The largest absolute Gasteiger partial charge is 0.416 e. The minimum absolute atomic E-state index is 0.438. The number of piperidine rings is 1. The highest BCUT2D eigenvalue weighted by atomic mass is 32.1. The van der Waals surface area contributed by atoms with Crippen molar-refractivity contribution in [3.63, 3.8) is 0 Å². The van der Waals surface area contributed by atoms with E-state index in [4.69, 9.17) is 12.2 Å². The molecule has 7 heteroatoms. The van der Waals surface area contributed by atoms with Gasteiger partial charge in [0, 0.05) is 18.8 Å². The molecule has 1 aromatic carbocycles. The van der Waals surface area contributed by atoms with Gasteiger partial charge in [0.1, 0.15) is 0 Å². The molecule has 1 atom stereocenters. The molecule has 1 unspecified atom stereocenters.